The van der Waals surface area contributed by atoms with Crippen molar-refractivity contribution in [1.82, 2.24) is 4.90 Å². The van der Waals surface area contributed by atoms with Crippen LogP contribution in [0.15, 0.2) is 52.5 Å². The molecule has 1 aliphatic heterocycles. The molecule has 1 aliphatic rings. The lowest BCUT2D eigenvalue weighted by Gasteiger charge is -2.26. The summed E-state index contributed by atoms with van der Waals surface area (Å²) in [6.07, 6.45) is -0.0388. The first kappa shape index (κ1) is 22.8. The minimum atomic E-state index is -0.879. The van der Waals surface area contributed by atoms with Gasteiger partial charge in [0, 0.05) is 16.6 Å². The summed E-state index contributed by atoms with van der Waals surface area (Å²) < 4.78 is 11.5. The number of hydrogen-bond donors (Lipinski definition) is 2. The molecule has 164 valence electrons. The number of benzene rings is 2. The van der Waals surface area contributed by atoms with E-state index in [4.69, 9.17) is 9.47 Å². The Bertz CT molecular complexity index is 1020. The van der Waals surface area contributed by atoms with Gasteiger partial charge in [-0.15, -0.1) is 0 Å². The molecule has 1 unspecified atom stereocenters. The van der Waals surface area contributed by atoms with Crippen LogP contribution >= 0.6 is 15.9 Å². The van der Waals surface area contributed by atoms with E-state index in [1.54, 1.807) is 36.4 Å². The lowest BCUT2D eigenvalue weighted by molar-refractivity contribution is -0.140. The highest BCUT2D eigenvalue weighted by Gasteiger charge is 2.46. The summed E-state index contributed by atoms with van der Waals surface area (Å²) in [7, 11) is 1.43. The molecule has 2 aromatic carbocycles. The monoisotopic (exact) mass is 489 g/mol. The van der Waals surface area contributed by atoms with Gasteiger partial charge in [-0.2, -0.15) is 0 Å². The van der Waals surface area contributed by atoms with Gasteiger partial charge in [0.1, 0.15) is 5.76 Å². The molecule has 0 bridgehead atoms. The van der Waals surface area contributed by atoms with Gasteiger partial charge in [0.25, 0.3) is 11.7 Å². The van der Waals surface area contributed by atoms with Gasteiger partial charge in [-0.25, -0.2) is 0 Å². The first-order chi connectivity index (χ1) is 14.7. The number of halogens is 1. The van der Waals surface area contributed by atoms with Crippen molar-refractivity contribution < 1.29 is 29.3 Å². The second kappa shape index (κ2) is 9.53. The molecule has 0 saturated carbocycles. The van der Waals surface area contributed by atoms with E-state index in [2.05, 4.69) is 15.9 Å². The Morgan fingerprint density at radius 3 is 2.42 bits per heavy atom. The lowest BCUT2D eigenvalue weighted by atomic mass is 9.95. The summed E-state index contributed by atoms with van der Waals surface area (Å²) >= 11 is 3.34. The largest absolute Gasteiger partial charge is 0.507 e. The Hall–Kier alpha value is -2.84. The number of aliphatic hydroxyl groups is 1. The van der Waals surface area contributed by atoms with Gasteiger partial charge in [0.15, 0.2) is 11.5 Å². The molecule has 1 heterocycles. The molecule has 8 heteroatoms. The normalized spacial score (nSPS) is 18.1. The first-order valence-corrected chi connectivity index (χ1v) is 10.6. The average Bonchev–Trinajstić information content (AvgIpc) is 2.98. The lowest BCUT2D eigenvalue weighted by Crippen LogP contribution is -2.33. The fourth-order valence-corrected chi connectivity index (χ4v) is 3.75. The molecule has 0 aliphatic carbocycles. The third-order valence-electron chi connectivity index (χ3n) is 4.96. The Balaban J connectivity index is 2.11. The highest BCUT2D eigenvalue weighted by Crippen LogP contribution is 2.41. The van der Waals surface area contributed by atoms with Crippen LogP contribution in [0.3, 0.4) is 0 Å². The average molecular weight is 490 g/mol. The van der Waals surface area contributed by atoms with Crippen molar-refractivity contribution >= 4 is 33.4 Å². The summed E-state index contributed by atoms with van der Waals surface area (Å²) in [5.74, 6) is -1.67. The molecule has 0 radical (unpaired) electrons. The maximum Gasteiger partial charge on any atom is 0.295 e. The van der Waals surface area contributed by atoms with Crippen LogP contribution in [0.5, 0.6) is 11.5 Å². The number of rotatable bonds is 7. The number of ketones is 1. The van der Waals surface area contributed by atoms with E-state index in [1.165, 1.54) is 18.1 Å². The number of carbonyl (C=O) groups is 2. The van der Waals surface area contributed by atoms with Gasteiger partial charge in [-0.05, 0) is 43.7 Å². The predicted molar refractivity (Wildman–Crippen MR) is 119 cm³/mol. The van der Waals surface area contributed by atoms with Crippen LogP contribution in [-0.2, 0) is 14.3 Å². The van der Waals surface area contributed by atoms with Gasteiger partial charge < -0.3 is 24.6 Å². The summed E-state index contributed by atoms with van der Waals surface area (Å²) in [6, 6.07) is 10.5. The van der Waals surface area contributed by atoms with Crippen molar-refractivity contribution in [3.05, 3.63) is 63.6 Å². The molecule has 31 heavy (non-hydrogen) atoms. The number of aliphatic hydroxyl groups excluding tert-OH is 1. The Morgan fingerprint density at radius 1 is 1.16 bits per heavy atom. The van der Waals surface area contributed by atoms with Crippen LogP contribution in [0.2, 0.25) is 0 Å². The number of methoxy groups -OCH3 is 1. The molecule has 7 nitrogen and oxygen atoms in total. The van der Waals surface area contributed by atoms with E-state index in [9.17, 15) is 19.8 Å². The molecular weight excluding hydrogens is 466 g/mol. The van der Waals surface area contributed by atoms with Crippen LogP contribution in [0.4, 0.5) is 0 Å². The molecule has 3 rings (SSSR count). The smallest absolute Gasteiger partial charge is 0.295 e. The number of Topliss-reactive ketones (excluding diaryl/α,β-unsaturated/α-hetero) is 1. The zero-order valence-corrected chi connectivity index (χ0v) is 19.0. The standard InChI is InChI=1S/C23H24BrNO6/c1-13(2)31-11-10-25-20(15-6-9-18(30-3)17(26)12-15)19(22(28)23(25)29)21(27)14-4-7-16(24)8-5-14/h4-9,12-13,20,26-27H,10-11H2,1-3H3/b21-19-. The molecule has 2 N–H and O–H groups in total. The Labute approximate surface area is 189 Å². The summed E-state index contributed by atoms with van der Waals surface area (Å²) in [5, 5.41) is 21.2. The zero-order valence-electron chi connectivity index (χ0n) is 17.5. The highest BCUT2D eigenvalue weighted by molar-refractivity contribution is 9.10. The van der Waals surface area contributed by atoms with Crippen LogP contribution in [0.1, 0.15) is 31.0 Å². The number of nitrogens with zero attached hydrogens (tertiary/aromatic N) is 1. The highest BCUT2D eigenvalue weighted by atomic mass is 79.9. The summed E-state index contributed by atoms with van der Waals surface area (Å²) in [6.45, 7) is 4.13. The fraction of sp³-hybridized carbons (Fsp3) is 0.304. The van der Waals surface area contributed by atoms with Crippen molar-refractivity contribution in [2.24, 2.45) is 0 Å². The molecular formula is C23H24BrNO6. The number of carbonyl (C=O) groups excluding carboxylic acids is 2. The maximum atomic E-state index is 12.9. The minimum absolute atomic E-state index is 0.0388. The van der Waals surface area contributed by atoms with E-state index in [0.717, 1.165) is 4.47 Å². The quantitative estimate of drug-likeness (QED) is 0.346. The second-order valence-corrected chi connectivity index (χ2v) is 8.27. The number of hydrogen-bond acceptors (Lipinski definition) is 6. The number of likely N-dealkylation sites (tertiary alicyclic amines) is 1. The van der Waals surface area contributed by atoms with Crippen molar-refractivity contribution in [2.75, 3.05) is 20.3 Å². The molecule has 1 amide bonds. The molecule has 1 saturated heterocycles. The van der Waals surface area contributed by atoms with E-state index < -0.39 is 17.7 Å². The third kappa shape index (κ3) is 4.75. The molecule has 0 spiro atoms. The topological polar surface area (TPSA) is 96.3 Å². The fourth-order valence-electron chi connectivity index (χ4n) is 3.48. The summed E-state index contributed by atoms with van der Waals surface area (Å²) in [5.41, 5.74) is 0.838. The van der Waals surface area contributed by atoms with Gasteiger partial charge in [0.05, 0.1) is 31.4 Å². The number of phenols is 1. The van der Waals surface area contributed by atoms with Crippen molar-refractivity contribution in [2.45, 2.75) is 26.0 Å². The van der Waals surface area contributed by atoms with Crippen molar-refractivity contribution in [3.8, 4) is 11.5 Å². The number of phenolic OH excluding ortho intramolecular Hbond substituents is 1. The van der Waals surface area contributed by atoms with E-state index >= 15 is 0 Å². The zero-order chi connectivity index (χ0) is 22.7. The second-order valence-electron chi connectivity index (χ2n) is 7.35. The Morgan fingerprint density at radius 2 is 1.84 bits per heavy atom. The number of amides is 1. The van der Waals surface area contributed by atoms with Gasteiger partial charge >= 0.3 is 0 Å². The van der Waals surface area contributed by atoms with Crippen LogP contribution in [0.25, 0.3) is 5.76 Å². The van der Waals surface area contributed by atoms with Gasteiger partial charge in [-0.3, -0.25) is 9.59 Å². The van der Waals surface area contributed by atoms with Crippen LogP contribution in [-0.4, -0.2) is 53.2 Å². The molecule has 2 aromatic rings. The SMILES string of the molecule is COc1ccc(C2/C(=C(/O)c3ccc(Br)cc3)C(=O)C(=O)N2CCOC(C)C)cc1O. The maximum absolute atomic E-state index is 12.9. The molecule has 0 aromatic heterocycles. The van der Waals surface area contributed by atoms with Crippen LogP contribution < -0.4 is 4.74 Å². The number of aromatic hydroxyl groups is 1. The van der Waals surface area contributed by atoms with Crippen molar-refractivity contribution in [3.63, 3.8) is 0 Å². The summed E-state index contributed by atoms with van der Waals surface area (Å²) in [4.78, 5) is 27.2. The number of ether oxygens (including phenoxy) is 2. The predicted octanol–water partition coefficient (Wildman–Crippen LogP) is 4.01. The molecule has 1 fully saturated rings. The van der Waals surface area contributed by atoms with Crippen LogP contribution in [0, 0.1) is 0 Å². The Kier molecular flexibility index (Phi) is 7.02. The minimum Gasteiger partial charge on any atom is -0.507 e. The van der Waals surface area contributed by atoms with E-state index in [-0.39, 0.29) is 42.1 Å². The molecule has 1 atom stereocenters. The van der Waals surface area contributed by atoms with Crippen molar-refractivity contribution in [1.29, 1.82) is 0 Å². The third-order valence-corrected chi connectivity index (χ3v) is 5.49. The van der Waals surface area contributed by atoms with E-state index in [1.807, 2.05) is 13.8 Å². The van der Waals surface area contributed by atoms with Gasteiger partial charge in [-0.1, -0.05) is 34.1 Å². The van der Waals surface area contributed by atoms with Gasteiger partial charge in [0.2, 0.25) is 0 Å². The van der Waals surface area contributed by atoms with E-state index in [0.29, 0.717) is 11.1 Å². The first-order valence-electron chi connectivity index (χ1n) is 9.77.